The van der Waals surface area contributed by atoms with Crippen molar-refractivity contribution in [1.82, 2.24) is 0 Å². The van der Waals surface area contributed by atoms with E-state index in [-0.39, 0.29) is 22.7 Å². The fraction of sp³-hybridized carbons (Fsp3) is 0.286. The van der Waals surface area contributed by atoms with Gasteiger partial charge in [-0.05, 0) is 44.2 Å². The molecule has 0 heterocycles. The maximum absolute atomic E-state index is 14.8. The van der Waals surface area contributed by atoms with Crippen LogP contribution in [0.25, 0.3) is 0 Å². The third-order valence-electron chi connectivity index (χ3n) is 4.23. The van der Waals surface area contributed by atoms with Gasteiger partial charge in [0.15, 0.2) is 5.82 Å². The quantitative estimate of drug-likeness (QED) is 0.255. The molecule has 0 fully saturated rings. The Bertz CT molecular complexity index is 1170. The largest absolute Gasteiger partial charge is 0.523 e. The van der Waals surface area contributed by atoms with E-state index in [0.29, 0.717) is 6.07 Å². The number of benzene rings is 2. The Morgan fingerprint density at radius 3 is 2.25 bits per heavy atom. The Hall–Kier alpha value is -2.67. The summed E-state index contributed by atoms with van der Waals surface area (Å²) in [5.74, 6) is -5.88. The van der Waals surface area contributed by atoms with Crippen molar-refractivity contribution in [3.8, 4) is 0 Å². The molecule has 196 valence electrons. The second-order valence-electron chi connectivity index (χ2n) is 7.42. The number of hydrogen-bond acceptors (Lipinski definition) is 4. The topological polar surface area (TPSA) is 96.5 Å². The van der Waals surface area contributed by atoms with Crippen LogP contribution in [0.3, 0.4) is 0 Å². The molecule has 2 aromatic carbocycles. The molecule has 1 atom stereocenters. The Labute approximate surface area is 216 Å². The second kappa shape index (κ2) is 11.6. The van der Waals surface area contributed by atoms with Gasteiger partial charge in [0.2, 0.25) is 5.91 Å². The van der Waals surface area contributed by atoms with Crippen LogP contribution in [0.1, 0.15) is 30.6 Å². The Morgan fingerprint density at radius 1 is 1.03 bits per heavy atom. The summed E-state index contributed by atoms with van der Waals surface area (Å²) in [6, 6.07) is 5.27. The predicted octanol–water partition coefficient (Wildman–Crippen LogP) is 6.26. The molecule has 0 aliphatic heterocycles. The van der Waals surface area contributed by atoms with Gasteiger partial charge in [0.1, 0.15) is 21.9 Å². The summed E-state index contributed by atoms with van der Waals surface area (Å²) in [5, 5.41) is 6.12. The van der Waals surface area contributed by atoms with Gasteiger partial charge in [0.25, 0.3) is 11.8 Å². The van der Waals surface area contributed by atoms with Crippen LogP contribution in [0.4, 0.5) is 39.0 Å². The first-order valence-electron chi connectivity index (χ1n) is 9.79. The summed E-state index contributed by atoms with van der Waals surface area (Å²) >= 11 is 17.6. The van der Waals surface area contributed by atoms with E-state index in [1.54, 1.807) is 5.32 Å². The molecule has 7 nitrogen and oxygen atoms in total. The molecule has 0 aromatic heterocycles. The molecular formula is C21H17Cl3F5N3O4. The molecule has 3 amide bonds. The Kier molecular flexibility index (Phi) is 9.52. The number of hydrogen-bond donors (Lipinski definition) is 3. The maximum atomic E-state index is 14.8. The van der Waals surface area contributed by atoms with Crippen LogP contribution in [0, 0.1) is 11.6 Å². The Morgan fingerprint density at radius 2 is 1.67 bits per heavy atom. The molecule has 2 aromatic rings. The second-order valence-corrected chi connectivity index (χ2v) is 9.69. The standard InChI is InChI=1S/C21H17Cl3F5N3O4/c1-9(36-21(27,28)29)18(34)32-17-13(25)5-6-14(16(17)26)31-19(35)11-7-10(3-4-12(11)22)30-15(33)8-20(2,23)24/h3-7,9H,8H2,1-2H3,(H,30,33)(H,31,35)(H,32,34). The average Bonchev–Trinajstić information content (AvgIpc) is 2.71. The highest BCUT2D eigenvalue weighted by Gasteiger charge is 2.35. The van der Waals surface area contributed by atoms with Crippen molar-refractivity contribution in [2.75, 3.05) is 16.0 Å². The third kappa shape index (κ3) is 8.77. The first-order chi connectivity index (χ1) is 16.5. The summed E-state index contributed by atoms with van der Waals surface area (Å²) in [6.07, 6.45) is -7.57. The Balaban J connectivity index is 2.23. The number of carbonyl (C=O) groups excluding carboxylic acids is 3. The molecule has 0 saturated heterocycles. The number of alkyl halides is 5. The molecule has 36 heavy (non-hydrogen) atoms. The molecule has 2 rings (SSSR count). The summed E-state index contributed by atoms with van der Waals surface area (Å²) in [6.45, 7) is 2.12. The fourth-order valence-electron chi connectivity index (χ4n) is 2.70. The van der Waals surface area contributed by atoms with E-state index >= 15 is 0 Å². The van der Waals surface area contributed by atoms with Gasteiger partial charge in [-0.2, -0.15) is 0 Å². The lowest BCUT2D eigenvalue weighted by Crippen LogP contribution is -2.33. The van der Waals surface area contributed by atoms with E-state index in [1.807, 2.05) is 0 Å². The molecule has 15 heteroatoms. The van der Waals surface area contributed by atoms with Crippen LogP contribution in [0.5, 0.6) is 0 Å². The van der Waals surface area contributed by atoms with E-state index < -0.39 is 57.5 Å². The van der Waals surface area contributed by atoms with E-state index in [4.69, 9.17) is 34.8 Å². The molecule has 0 aliphatic rings. The molecule has 0 saturated carbocycles. The average molecular weight is 577 g/mol. The van der Waals surface area contributed by atoms with Crippen molar-refractivity contribution in [3.63, 3.8) is 0 Å². The molecule has 0 bridgehead atoms. The number of halogens is 8. The number of ether oxygens (including phenoxy) is 1. The molecular weight excluding hydrogens is 560 g/mol. The monoisotopic (exact) mass is 575 g/mol. The van der Waals surface area contributed by atoms with E-state index in [1.165, 1.54) is 19.1 Å². The van der Waals surface area contributed by atoms with Crippen LogP contribution >= 0.6 is 34.8 Å². The van der Waals surface area contributed by atoms with Gasteiger partial charge in [-0.1, -0.05) is 11.6 Å². The van der Waals surface area contributed by atoms with Gasteiger partial charge in [0.05, 0.1) is 22.7 Å². The summed E-state index contributed by atoms with van der Waals surface area (Å²) in [5.41, 5.74) is -1.85. The normalized spacial score (nSPS) is 12.6. The number of rotatable bonds is 8. The van der Waals surface area contributed by atoms with E-state index in [2.05, 4.69) is 15.4 Å². The van der Waals surface area contributed by atoms with Gasteiger partial charge >= 0.3 is 6.36 Å². The van der Waals surface area contributed by atoms with Crippen molar-refractivity contribution >= 4 is 69.6 Å². The summed E-state index contributed by atoms with van der Waals surface area (Å²) < 4.78 is 68.0. The van der Waals surface area contributed by atoms with Gasteiger partial charge in [-0.3, -0.25) is 19.1 Å². The lowest BCUT2D eigenvalue weighted by Gasteiger charge is -2.17. The number of carbonyl (C=O) groups is 3. The first kappa shape index (κ1) is 29.6. The highest BCUT2D eigenvalue weighted by atomic mass is 35.5. The lowest BCUT2D eigenvalue weighted by atomic mass is 10.1. The molecule has 0 spiro atoms. The van der Waals surface area contributed by atoms with Crippen LogP contribution in [-0.4, -0.2) is 34.5 Å². The molecule has 3 N–H and O–H groups in total. The molecule has 0 radical (unpaired) electrons. The highest BCUT2D eigenvalue weighted by molar-refractivity contribution is 6.49. The zero-order valence-electron chi connectivity index (χ0n) is 18.3. The van der Waals surface area contributed by atoms with Crippen molar-refractivity contribution in [1.29, 1.82) is 0 Å². The number of nitrogens with one attached hydrogen (secondary N) is 3. The minimum atomic E-state index is -5.16. The van der Waals surface area contributed by atoms with Crippen molar-refractivity contribution < 1.29 is 41.1 Å². The predicted molar refractivity (Wildman–Crippen MR) is 124 cm³/mol. The molecule has 1 unspecified atom stereocenters. The summed E-state index contributed by atoms with van der Waals surface area (Å²) in [7, 11) is 0. The van der Waals surface area contributed by atoms with Crippen LogP contribution in [-0.2, 0) is 14.3 Å². The zero-order chi connectivity index (χ0) is 27.4. The minimum absolute atomic E-state index is 0.0980. The number of anilines is 3. The van der Waals surface area contributed by atoms with Gasteiger partial charge in [-0.15, -0.1) is 36.4 Å². The fourth-order valence-corrected chi connectivity index (χ4v) is 3.14. The van der Waals surface area contributed by atoms with Gasteiger partial charge in [-0.25, -0.2) is 8.78 Å². The SMILES string of the molecule is CC(OC(F)(F)F)C(=O)Nc1c(F)ccc(NC(=O)c2cc(NC(=O)CC(C)(Cl)Cl)ccc2Cl)c1F. The summed E-state index contributed by atoms with van der Waals surface area (Å²) in [4.78, 5) is 36.6. The lowest BCUT2D eigenvalue weighted by molar-refractivity contribution is -0.335. The van der Waals surface area contributed by atoms with Crippen molar-refractivity contribution in [2.24, 2.45) is 0 Å². The smallest absolute Gasteiger partial charge is 0.326 e. The first-order valence-corrected chi connectivity index (χ1v) is 10.9. The van der Waals surface area contributed by atoms with E-state index in [0.717, 1.165) is 19.1 Å². The molecule has 0 aliphatic carbocycles. The van der Waals surface area contributed by atoms with Crippen LogP contribution < -0.4 is 16.0 Å². The third-order valence-corrected chi connectivity index (χ3v) is 4.83. The van der Waals surface area contributed by atoms with Crippen molar-refractivity contribution in [3.05, 3.63) is 52.6 Å². The zero-order valence-corrected chi connectivity index (χ0v) is 20.6. The highest BCUT2D eigenvalue weighted by Crippen LogP contribution is 2.29. The van der Waals surface area contributed by atoms with Crippen LogP contribution in [0.15, 0.2) is 30.3 Å². The van der Waals surface area contributed by atoms with Gasteiger partial charge in [0, 0.05) is 5.69 Å². The van der Waals surface area contributed by atoms with Gasteiger partial charge < -0.3 is 16.0 Å². The number of amides is 3. The van der Waals surface area contributed by atoms with Crippen molar-refractivity contribution in [2.45, 2.75) is 37.1 Å². The minimum Gasteiger partial charge on any atom is -0.326 e. The van der Waals surface area contributed by atoms with E-state index in [9.17, 15) is 36.3 Å². The maximum Gasteiger partial charge on any atom is 0.523 e. The van der Waals surface area contributed by atoms with Crippen LogP contribution in [0.2, 0.25) is 5.02 Å².